The van der Waals surface area contributed by atoms with Gasteiger partial charge in [-0.3, -0.25) is 4.90 Å². The van der Waals surface area contributed by atoms with Gasteiger partial charge < -0.3 is 9.64 Å². The van der Waals surface area contributed by atoms with Crippen molar-refractivity contribution in [1.82, 2.24) is 9.80 Å². The molecule has 2 rings (SSSR count). The summed E-state index contributed by atoms with van der Waals surface area (Å²) in [6.45, 7) is 6.96. The van der Waals surface area contributed by atoms with Crippen LogP contribution in [-0.4, -0.2) is 49.2 Å². The Hall–Kier alpha value is -1.55. The van der Waals surface area contributed by atoms with E-state index in [1.807, 2.05) is 4.90 Å². The van der Waals surface area contributed by atoms with Crippen molar-refractivity contribution in [2.45, 2.75) is 70.4 Å². The summed E-state index contributed by atoms with van der Waals surface area (Å²) in [7, 11) is 5.89. The molecule has 0 aromatic heterocycles. The van der Waals surface area contributed by atoms with Gasteiger partial charge in [-0.15, -0.1) is 0 Å². The summed E-state index contributed by atoms with van der Waals surface area (Å²) < 4.78 is 4.97. The summed E-state index contributed by atoms with van der Waals surface area (Å²) in [5, 5.41) is 0. The molecule has 1 fully saturated rings. The van der Waals surface area contributed by atoms with Crippen LogP contribution in [0, 0.1) is 5.92 Å². The van der Waals surface area contributed by atoms with Crippen LogP contribution in [0.1, 0.15) is 64.9 Å². The molecule has 0 atom stereocenters. The van der Waals surface area contributed by atoms with E-state index < -0.39 is 0 Å². The van der Waals surface area contributed by atoms with Gasteiger partial charge in [0.05, 0.1) is 7.11 Å². The first-order chi connectivity index (χ1) is 12.7. The van der Waals surface area contributed by atoms with E-state index in [2.05, 4.69) is 70.1 Å². The SMILES string of the molecule is COC(=O)N(CCCC1CCC(c2ccccc2)(N(C)C)CC1)C(C)(C)C. The van der Waals surface area contributed by atoms with E-state index in [-0.39, 0.29) is 17.2 Å². The van der Waals surface area contributed by atoms with Gasteiger partial charge in [-0.2, -0.15) is 0 Å². The van der Waals surface area contributed by atoms with Gasteiger partial charge in [0, 0.05) is 17.6 Å². The Labute approximate surface area is 165 Å². The summed E-state index contributed by atoms with van der Waals surface area (Å²) in [5.41, 5.74) is 1.41. The van der Waals surface area contributed by atoms with Gasteiger partial charge in [-0.05, 0) is 84.9 Å². The minimum absolute atomic E-state index is 0.168. The number of carbonyl (C=O) groups excluding carboxylic acids is 1. The molecule has 0 aliphatic heterocycles. The molecule has 0 heterocycles. The Morgan fingerprint density at radius 2 is 1.74 bits per heavy atom. The average molecular weight is 375 g/mol. The number of carbonyl (C=O) groups is 1. The Morgan fingerprint density at radius 3 is 2.22 bits per heavy atom. The molecule has 4 heteroatoms. The molecule has 1 aromatic carbocycles. The molecule has 152 valence electrons. The van der Waals surface area contributed by atoms with Crippen molar-refractivity contribution in [2.75, 3.05) is 27.7 Å². The van der Waals surface area contributed by atoms with Crippen LogP contribution in [0.3, 0.4) is 0 Å². The molecular formula is C23H38N2O2. The lowest BCUT2D eigenvalue weighted by Gasteiger charge is -2.46. The Morgan fingerprint density at radius 1 is 1.15 bits per heavy atom. The van der Waals surface area contributed by atoms with Gasteiger partial charge in [-0.1, -0.05) is 30.3 Å². The molecule has 0 N–H and O–H groups in total. The van der Waals surface area contributed by atoms with Crippen LogP contribution >= 0.6 is 0 Å². The van der Waals surface area contributed by atoms with E-state index in [9.17, 15) is 4.79 Å². The van der Waals surface area contributed by atoms with Crippen LogP contribution in [-0.2, 0) is 10.3 Å². The van der Waals surface area contributed by atoms with Crippen LogP contribution in [0.5, 0.6) is 0 Å². The number of hydrogen-bond donors (Lipinski definition) is 0. The van der Waals surface area contributed by atoms with E-state index >= 15 is 0 Å². The second-order valence-electron chi connectivity index (χ2n) is 9.17. The van der Waals surface area contributed by atoms with Crippen molar-refractivity contribution in [3.63, 3.8) is 0 Å². The molecule has 0 radical (unpaired) electrons. The molecule has 1 amide bonds. The second-order valence-corrected chi connectivity index (χ2v) is 9.17. The first kappa shape index (κ1) is 21.7. The zero-order valence-electron chi connectivity index (χ0n) is 18.1. The molecular weight excluding hydrogens is 336 g/mol. The van der Waals surface area contributed by atoms with Gasteiger partial charge in [-0.25, -0.2) is 4.79 Å². The lowest BCUT2D eigenvalue weighted by molar-refractivity contribution is 0.0679. The van der Waals surface area contributed by atoms with Crippen LogP contribution < -0.4 is 0 Å². The molecule has 4 nitrogen and oxygen atoms in total. The highest BCUT2D eigenvalue weighted by atomic mass is 16.5. The quantitative estimate of drug-likeness (QED) is 0.679. The molecule has 0 unspecified atom stereocenters. The number of nitrogens with zero attached hydrogens (tertiary/aromatic N) is 2. The zero-order chi connectivity index (χ0) is 20.1. The van der Waals surface area contributed by atoms with Crippen molar-refractivity contribution in [2.24, 2.45) is 5.92 Å². The fourth-order valence-corrected chi connectivity index (χ4v) is 4.54. The average Bonchev–Trinajstić information content (AvgIpc) is 2.64. The van der Waals surface area contributed by atoms with Gasteiger partial charge in [0.2, 0.25) is 0 Å². The van der Waals surface area contributed by atoms with Gasteiger partial charge >= 0.3 is 6.09 Å². The van der Waals surface area contributed by atoms with E-state index in [1.165, 1.54) is 44.8 Å². The summed E-state index contributed by atoms with van der Waals surface area (Å²) in [6.07, 6.45) is 6.91. The zero-order valence-corrected chi connectivity index (χ0v) is 18.1. The molecule has 1 saturated carbocycles. The molecule has 1 aliphatic carbocycles. The molecule has 1 aromatic rings. The first-order valence-corrected chi connectivity index (χ1v) is 10.3. The van der Waals surface area contributed by atoms with Gasteiger partial charge in [0.25, 0.3) is 0 Å². The van der Waals surface area contributed by atoms with E-state index in [1.54, 1.807) is 0 Å². The summed E-state index contributed by atoms with van der Waals surface area (Å²) in [4.78, 5) is 16.3. The summed E-state index contributed by atoms with van der Waals surface area (Å²) in [6, 6.07) is 11.0. The number of benzene rings is 1. The van der Waals surface area contributed by atoms with Crippen LogP contribution in [0.25, 0.3) is 0 Å². The van der Waals surface area contributed by atoms with Crippen molar-refractivity contribution in [3.05, 3.63) is 35.9 Å². The summed E-state index contributed by atoms with van der Waals surface area (Å²) >= 11 is 0. The smallest absolute Gasteiger partial charge is 0.409 e. The number of amides is 1. The van der Waals surface area contributed by atoms with Gasteiger partial charge in [0.1, 0.15) is 0 Å². The standard InChI is InChI=1S/C23H38N2O2/c1-22(2,3)25(21(26)27-6)18-10-11-19-14-16-23(17-15-19,24(4)5)20-12-8-7-9-13-20/h7-9,12-13,19H,10-11,14-18H2,1-6H3. The Bertz CT molecular complexity index is 584. The first-order valence-electron chi connectivity index (χ1n) is 10.3. The highest BCUT2D eigenvalue weighted by Gasteiger charge is 2.38. The maximum Gasteiger partial charge on any atom is 0.409 e. The van der Waals surface area contributed by atoms with Crippen LogP contribution in [0.15, 0.2) is 30.3 Å². The van der Waals surface area contributed by atoms with Crippen LogP contribution in [0.4, 0.5) is 4.79 Å². The van der Waals surface area contributed by atoms with Crippen molar-refractivity contribution in [3.8, 4) is 0 Å². The molecule has 1 aliphatic rings. The maximum atomic E-state index is 12.1. The lowest BCUT2D eigenvalue weighted by atomic mass is 9.71. The minimum atomic E-state index is -0.221. The monoisotopic (exact) mass is 374 g/mol. The topological polar surface area (TPSA) is 32.8 Å². The van der Waals surface area contributed by atoms with E-state index in [4.69, 9.17) is 4.74 Å². The summed E-state index contributed by atoms with van der Waals surface area (Å²) in [5.74, 6) is 0.751. The lowest BCUT2D eigenvalue weighted by Crippen LogP contribution is -2.46. The van der Waals surface area contributed by atoms with Crippen molar-refractivity contribution < 1.29 is 9.53 Å². The third kappa shape index (κ3) is 5.25. The van der Waals surface area contributed by atoms with Crippen LogP contribution in [0.2, 0.25) is 0 Å². The van der Waals surface area contributed by atoms with E-state index in [0.29, 0.717) is 0 Å². The van der Waals surface area contributed by atoms with Gasteiger partial charge in [0.15, 0.2) is 0 Å². The van der Waals surface area contributed by atoms with Crippen molar-refractivity contribution >= 4 is 6.09 Å². The maximum absolute atomic E-state index is 12.1. The highest BCUT2D eigenvalue weighted by molar-refractivity contribution is 5.68. The molecule has 0 spiro atoms. The minimum Gasteiger partial charge on any atom is -0.453 e. The normalized spacial score (nSPS) is 23.3. The largest absolute Gasteiger partial charge is 0.453 e. The third-order valence-corrected chi connectivity index (χ3v) is 6.30. The Kier molecular flexibility index (Phi) is 7.32. The number of ether oxygens (including phenoxy) is 1. The molecule has 27 heavy (non-hydrogen) atoms. The fraction of sp³-hybridized carbons (Fsp3) is 0.696. The second kappa shape index (κ2) is 9.09. The van der Waals surface area contributed by atoms with E-state index in [0.717, 1.165) is 18.9 Å². The predicted molar refractivity (Wildman–Crippen MR) is 112 cm³/mol. The fourth-order valence-electron chi connectivity index (χ4n) is 4.54. The highest BCUT2D eigenvalue weighted by Crippen LogP contribution is 2.44. The molecule has 0 bridgehead atoms. The third-order valence-electron chi connectivity index (χ3n) is 6.30. The number of methoxy groups -OCH3 is 1. The Balaban J connectivity index is 1.91. The molecule has 0 saturated heterocycles. The number of rotatable bonds is 6. The number of hydrogen-bond acceptors (Lipinski definition) is 3. The predicted octanol–water partition coefficient (Wildman–Crippen LogP) is 5.28. The van der Waals surface area contributed by atoms with Crippen molar-refractivity contribution in [1.29, 1.82) is 0 Å².